The highest BCUT2D eigenvalue weighted by Gasteiger charge is 2.03. The van der Waals surface area contributed by atoms with E-state index in [-0.39, 0.29) is 5.38 Å². The fourth-order valence-electron chi connectivity index (χ4n) is 1.05. The molecule has 0 spiro atoms. The molecule has 1 atom stereocenters. The van der Waals surface area contributed by atoms with E-state index in [1.165, 1.54) is 0 Å². The van der Waals surface area contributed by atoms with Gasteiger partial charge in [-0.3, -0.25) is 4.98 Å². The van der Waals surface area contributed by atoms with E-state index >= 15 is 0 Å². The van der Waals surface area contributed by atoms with E-state index < -0.39 is 0 Å². The third-order valence-electron chi connectivity index (χ3n) is 1.61. The second-order valence-electron chi connectivity index (χ2n) is 3.18. The number of alkyl halides is 1. The van der Waals surface area contributed by atoms with Crippen molar-refractivity contribution in [2.75, 3.05) is 6.61 Å². The maximum Gasteiger partial charge on any atom is 0.232 e. The van der Waals surface area contributed by atoms with Gasteiger partial charge in [-0.25, -0.2) is 4.98 Å². The van der Waals surface area contributed by atoms with Crippen LogP contribution in [0.25, 0.3) is 0 Å². The Bertz CT molecular complexity index is 279. The predicted molar refractivity (Wildman–Crippen MR) is 56.8 cm³/mol. The van der Waals surface area contributed by atoms with Crippen molar-refractivity contribution in [3.63, 3.8) is 0 Å². The van der Waals surface area contributed by atoms with Crippen molar-refractivity contribution < 1.29 is 4.74 Å². The van der Waals surface area contributed by atoms with E-state index in [0.29, 0.717) is 12.5 Å². The Labute approximate surface area is 89.5 Å². The van der Waals surface area contributed by atoms with Gasteiger partial charge in [0.05, 0.1) is 18.5 Å². The highest BCUT2D eigenvalue weighted by atomic mass is 35.5. The van der Waals surface area contributed by atoms with Crippen LogP contribution in [0.1, 0.15) is 26.0 Å². The normalized spacial score (nSPS) is 12.5. The molecular formula is C10H15ClN2O. The molecule has 0 saturated heterocycles. The summed E-state index contributed by atoms with van der Waals surface area (Å²) in [6.45, 7) is 4.66. The Balaban J connectivity index is 2.59. The van der Waals surface area contributed by atoms with Crippen molar-refractivity contribution in [2.24, 2.45) is 0 Å². The molecule has 0 aliphatic carbocycles. The molecule has 14 heavy (non-hydrogen) atoms. The summed E-state index contributed by atoms with van der Waals surface area (Å²) in [4.78, 5) is 8.33. The van der Waals surface area contributed by atoms with E-state index in [9.17, 15) is 0 Å². The molecule has 3 nitrogen and oxygen atoms in total. The van der Waals surface area contributed by atoms with Gasteiger partial charge in [-0.15, -0.1) is 11.6 Å². The molecule has 4 heteroatoms. The maximum absolute atomic E-state index is 5.86. The van der Waals surface area contributed by atoms with Crippen molar-refractivity contribution in [2.45, 2.75) is 32.1 Å². The number of nitrogens with zero attached hydrogens (tertiary/aromatic N) is 2. The number of hydrogen-bond donors (Lipinski definition) is 0. The Morgan fingerprint density at radius 1 is 1.50 bits per heavy atom. The zero-order valence-electron chi connectivity index (χ0n) is 8.53. The minimum atomic E-state index is 0.0747. The van der Waals surface area contributed by atoms with Crippen LogP contribution < -0.4 is 4.74 Å². The molecule has 0 bridgehead atoms. The molecule has 0 radical (unpaired) electrons. The fraction of sp³-hybridized carbons (Fsp3) is 0.600. The second-order valence-corrected chi connectivity index (χ2v) is 3.93. The summed E-state index contributed by atoms with van der Waals surface area (Å²) in [6, 6.07) is 0. The summed E-state index contributed by atoms with van der Waals surface area (Å²) >= 11 is 5.86. The van der Waals surface area contributed by atoms with Gasteiger partial charge in [0.25, 0.3) is 0 Å². The lowest BCUT2D eigenvalue weighted by molar-refractivity contribution is 0.303. The number of ether oxygens (including phenoxy) is 1. The largest absolute Gasteiger partial charge is 0.477 e. The summed E-state index contributed by atoms with van der Waals surface area (Å²) < 4.78 is 5.36. The molecule has 1 aromatic heterocycles. The number of aromatic nitrogens is 2. The maximum atomic E-state index is 5.86. The van der Waals surface area contributed by atoms with Crippen LogP contribution in [0.15, 0.2) is 12.4 Å². The van der Waals surface area contributed by atoms with Crippen LogP contribution in [-0.2, 0) is 6.42 Å². The molecule has 0 saturated carbocycles. The lowest BCUT2D eigenvalue weighted by Crippen LogP contribution is -2.03. The van der Waals surface area contributed by atoms with Crippen LogP contribution in [0.4, 0.5) is 0 Å². The topological polar surface area (TPSA) is 35.0 Å². The van der Waals surface area contributed by atoms with Crippen molar-refractivity contribution >= 4 is 11.6 Å². The van der Waals surface area contributed by atoms with Crippen LogP contribution in [0.5, 0.6) is 5.88 Å². The van der Waals surface area contributed by atoms with Crippen molar-refractivity contribution in [1.29, 1.82) is 0 Å². The predicted octanol–water partition coefficient (Wildman–Crippen LogP) is 2.44. The Morgan fingerprint density at radius 2 is 2.29 bits per heavy atom. The second kappa shape index (κ2) is 5.81. The number of hydrogen-bond acceptors (Lipinski definition) is 3. The van der Waals surface area contributed by atoms with Crippen LogP contribution in [0.2, 0.25) is 0 Å². The molecule has 0 aliphatic heterocycles. The molecule has 0 aliphatic rings. The van der Waals surface area contributed by atoms with Crippen molar-refractivity contribution in [1.82, 2.24) is 9.97 Å². The van der Waals surface area contributed by atoms with Gasteiger partial charge in [0.1, 0.15) is 0 Å². The molecule has 1 unspecified atom stereocenters. The first-order valence-corrected chi connectivity index (χ1v) is 5.23. The molecule has 0 aromatic carbocycles. The highest BCUT2D eigenvalue weighted by molar-refractivity contribution is 6.20. The summed E-state index contributed by atoms with van der Waals surface area (Å²) in [5.41, 5.74) is 0.876. The minimum absolute atomic E-state index is 0.0747. The molecule has 78 valence electrons. The van der Waals surface area contributed by atoms with Crippen LogP contribution in [-0.4, -0.2) is 22.0 Å². The molecule has 1 aromatic rings. The molecule has 1 heterocycles. The van der Waals surface area contributed by atoms with Gasteiger partial charge in [-0.1, -0.05) is 6.92 Å². The highest BCUT2D eigenvalue weighted by Crippen LogP contribution is 2.09. The van der Waals surface area contributed by atoms with E-state index in [1.54, 1.807) is 12.4 Å². The Hall–Kier alpha value is -0.830. The van der Waals surface area contributed by atoms with Crippen molar-refractivity contribution in [3.05, 3.63) is 18.1 Å². The monoisotopic (exact) mass is 214 g/mol. The minimum Gasteiger partial charge on any atom is -0.477 e. The van der Waals surface area contributed by atoms with Crippen molar-refractivity contribution in [3.8, 4) is 5.88 Å². The lowest BCUT2D eigenvalue weighted by atomic mass is 10.2. The number of rotatable bonds is 5. The quantitative estimate of drug-likeness (QED) is 0.707. The van der Waals surface area contributed by atoms with Crippen LogP contribution in [0.3, 0.4) is 0 Å². The third-order valence-corrected chi connectivity index (χ3v) is 1.76. The van der Waals surface area contributed by atoms with Gasteiger partial charge >= 0.3 is 0 Å². The van der Waals surface area contributed by atoms with Gasteiger partial charge in [0.15, 0.2) is 0 Å². The van der Waals surface area contributed by atoms with Gasteiger partial charge in [-0.2, -0.15) is 0 Å². The molecule has 0 amide bonds. The first-order chi connectivity index (χ1) is 6.72. The lowest BCUT2D eigenvalue weighted by Gasteiger charge is -2.05. The van der Waals surface area contributed by atoms with E-state index in [0.717, 1.165) is 18.5 Å². The zero-order chi connectivity index (χ0) is 10.4. The first kappa shape index (κ1) is 11.2. The molecule has 1 rings (SSSR count). The van der Waals surface area contributed by atoms with E-state index in [1.807, 2.05) is 6.92 Å². The van der Waals surface area contributed by atoms with Gasteiger partial charge < -0.3 is 4.74 Å². The van der Waals surface area contributed by atoms with Gasteiger partial charge in [0, 0.05) is 18.0 Å². The summed E-state index contributed by atoms with van der Waals surface area (Å²) in [7, 11) is 0. The Morgan fingerprint density at radius 3 is 2.93 bits per heavy atom. The summed E-state index contributed by atoms with van der Waals surface area (Å²) in [6.07, 6.45) is 5.03. The first-order valence-electron chi connectivity index (χ1n) is 4.80. The van der Waals surface area contributed by atoms with Gasteiger partial charge in [-0.05, 0) is 13.3 Å². The smallest absolute Gasteiger partial charge is 0.232 e. The SMILES string of the molecule is CCCOc1cncc(CC(C)Cl)n1. The van der Waals surface area contributed by atoms with Crippen LogP contribution >= 0.6 is 11.6 Å². The molecular weight excluding hydrogens is 200 g/mol. The third kappa shape index (κ3) is 3.92. The molecule has 0 fully saturated rings. The van der Waals surface area contributed by atoms with E-state index in [2.05, 4.69) is 16.9 Å². The number of halogens is 1. The van der Waals surface area contributed by atoms with Crippen LogP contribution in [0, 0.1) is 0 Å². The zero-order valence-corrected chi connectivity index (χ0v) is 9.29. The molecule has 0 N–H and O–H groups in total. The van der Waals surface area contributed by atoms with E-state index in [4.69, 9.17) is 16.3 Å². The Kier molecular flexibility index (Phi) is 4.66. The summed E-state index contributed by atoms with van der Waals surface area (Å²) in [5.74, 6) is 0.585. The summed E-state index contributed by atoms with van der Waals surface area (Å²) in [5, 5.41) is 0.0747. The average Bonchev–Trinajstić information content (AvgIpc) is 2.14. The fourth-order valence-corrected chi connectivity index (χ4v) is 1.21. The average molecular weight is 215 g/mol. The standard InChI is InChI=1S/C10H15ClN2O/c1-3-4-14-10-7-12-6-9(13-10)5-8(2)11/h6-8H,3-5H2,1-2H3. The van der Waals surface area contributed by atoms with Gasteiger partial charge in [0.2, 0.25) is 5.88 Å².